The van der Waals surface area contributed by atoms with Gasteiger partial charge < -0.3 is 20.1 Å². The van der Waals surface area contributed by atoms with Crippen LogP contribution >= 0.6 is 12.4 Å². The Morgan fingerprint density at radius 3 is 2.78 bits per heavy atom. The van der Waals surface area contributed by atoms with E-state index in [4.69, 9.17) is 9.47 Å². The smallest absolute Gasteiger partial charge is 0.234 e. The van der Waals surface area contributed by atoms with E-state index in [-0.39, 0.29) is 30.5 Å². The van der Waals surface area contributed by atoms with E-state index >= 15 is 0 Å². The summed E-state index contributed by atoms with van der Waals surface area (Å²) in [5.74, 6) is 0.00344. The van der Waals surface area contributed by atoms with Crippen LogP contribution in [0.25, 0.3) is 0 Å². The van der Waals surface area contributed by atoms with Crippen molar-refractivity contribution in [3.63, 3.8) is 0 Å². The molecule has 1 fully saturated rings. The predicted molar refractivity (Wildman–Crippen MR) is 93.0 cm³/mol. The molecule has 0 saturated carbocycles. The van der Waals surface area contributed by atoms with Crippen LogP contribution in [0.4, 0.5) is 0 Å². The number of ether oxygens (including phenoxy) is 2. The molecule has 2 unspecified atom stereocenters. The summed E-state index contributed by atoms with van der Waals surface area (Å²) >= 11 is 0. The minimum atomic E-state index is -0.0581. The number of halogens is 1. The summed E-state index contributed by atoms with van der Waals surface area (Å²) in [5.41, 5.74) is 2.35. The van der Waals surface area contributed by atoms with Gasteiger partial charge in [0.2, 0.25) is 5.91 Å². The summed E-state index contributed by atoms with van der Waals surface area (Å²) in [6.45, 7) is 4.40. The first kappa shape index (κ1) is 19.9. The Kier molecular flexibility index (Phi) is 9.17. The van der Waals surface area contributed by atoms with Gasteiger partial charge in [-0.15, -0.1) is 12.4 Å². The molecule has 130 valence electrons. The van der Waals surface area contributed by atoms with Crippen molar-refractivity contribution >= 4 is 18.3 Å². The highest BCUT2D eigenvalue weighted by molar-refractivity contribution is 5.85. The molecule has 2 atom stereocenters. The molecular weight excluding hydrogens is 316 g/mol. The average Bonchev–Trinajstić information content (AvgIpc) is 2.53. The van der Waals surface area contributed by atoms with Gasteiger partial charge in [-0.3, -0.25) is 4.79 Å². The molecule has 0 aromatic heterocycles. The first-order chi connectivity index (χ1) is 10.7. The number of carbonyl (C=O) groups is 1. The van der Waals surface area contributed by atoms with Crippen LogP contribution in [0.15, 0.2) is 24.3 Å². The molecule has 0 spiro atoms. The molecule has 1 aromatic carbocycles. The molecule has 1 aromatic rings. The molecule has 0 radical (unpaired) electrons. The first-order valence-electron chi connectivity index (χ1n) is 7.88. The fourth-order valence-corrected chi connectivity index (χ4v) is 2.65. The Morgan fingerprint density at radius 2 is 2.09 bits per heavy atom. The molecule has 1 heterocycles. The van der Waals surface area contributed by atoms with Gasteiger partial charge >= 0.3 is 0 Å². The Morgan fingerprint density at radius 1 is 1.35 bits per heavy atom. The maximum atomic E-state index is 12.0. The van der Waals surface area contributed by atoms with Gasteiger partial charge in [-0.05, 0) is 25.3 Å². The number of methoxy groups -OCH3 is 1. The molecule has 1 amide bonds. The van der Waals surface area contributed by atoms with Crippen molar-refractivity contribution in [1.82, 2.24) is 10.6 Å². The lowest BCUT2D eigenvalue weighted by atomic mass is 9.95. The van der Waals surface area contributed by atoms with E-state index in [0.717, 1.165) is 25.0 Å². The number of hydrogen-bond acceptors (Lipinski definition) is 4. The first-order valence-corrected chi connectivity index (χ1v) is 7.88. The van der Waals surface area contributed by atoms with Gasteiger partial charge in [0.1, 0.15) is 6.10 Å². The third-order valence-electron chi connectivity index (χ3n) is 3.84. The molecule has 0 bridgehead atoms. The standard InChI is InChI=1S/C17H26N2O3.ClH/c1-13-5-7-14(8-6-13)17-15(4-3-10-22-17)19-16(20)12-18-9-11-21-2;/h5-8,15,17-18H,3-4,9-12H2,1-2H3,(H,19,20);1H. The average molecular weight is 343 g/mol. The monoisotopic (exact) mass is 342 g/mol. The summed E-state index contributed by atoms with van der Waals surface area (Å²) in [6, 6.07) is 8.37. The van der Waals surface area contributed by atoms with E-state index in [1.54, 1.807) is 7.11 Å². The number of rotatable bonds is 7. The van der Waals surface area contributed by atoms with Crippen LogP contribution in [-0.4, -0.2) is 45.4 Å². The van der Waals surface area contributed by atoms with Gasteiger partial charge in [0, 0.05) is 20.3 Å². The highest BCUT2D eigenvalue weighted by Gasteiger charge is 2.28. The predicted octanol–water partition coefficient (Wildman–Crippen LogP) is 1.99. The SMILES string of the molecule is COCCNCC(=O)NC1CCCOC1c1ccc(C)cc1.Cl. The number of benzene rings is 1. The van der Waals surface area contributed by atoms with Gasteiger partial charge in [-0.2, -0.15) is 0 Å². The number of carbonyl (C=O) groups excluding carboxylic acids is 1. The van der Waals surface area contributed by atoms with Gasteiger partial charge in [0.15, 0.2) is 0 Å². The molecule has 1 aliphatic rings. The van der Waals surface area contributed by atoms with Crippen molar-refractivity contribution in [3.8, 4) is 0 Å². The minimum Gasteiger partial charge on any atom is -0.383 e. The van der Waals surface area contributed by atoms with E-state index < -0.39 is 0 Å². The zero-order chi connectivity index (χ0) is 15.8. The summed E-state index contributed by atoms with van der Waals surface area (Å²) in [7, 11) is 1.65. The molecule has 1 saturated heterocycles. The molecule has 0 aliphatic carbocycles. The second-order valence-corrected chi connectivity index (χ2v) is 5.69. The summed E-state index contributed by atoms with van der Waals surface area (Å²) in [5, 5.41) is 6.15. The lowest BCUT2D eigenvalue weighted by molar-refractivity contribution is -0.123. The normalized spacial score (nSPS) is 20.6. The lowest BCUT2D eigenvalue weighted by Gasteiger charge is -2.32. The van der Waals surface area contributed by atoms with Gasteiger partial charge in [0.25, 0.3) is 0 Å². The van der Waals surface area contributed by atoms with E-state index in [0.29, 0.717) is 19.7 Å². The van der Waals surface area contributed by atoms with Crippen LogP contribution in [0, 0.1) is 6.92 Å². The number of hydrogen-bond donors (Lipinski definition) is 2. The van der Waals surface area contributed by atoms with E-state index in [9.17, 15) is 4.79 Å². The third-order valence-corrected chi connectivity index (χ3v) is 3.84. The fourth-order valence-electron chi connectivity index (χ4n) is 2.65. The van der Waals surface area contributed by atoms with Crippen LogP contribution in [0.1, 0.15) is 30.1 Å². The summed E-state index contributed by atoms with van der Waals surface area (Å²) in [6.07, 6.45) is 1.87. The summed E-state index contributed by atoms with van der Waals surface area (Å²) < 4.78 is 10.8. The van der Waals surface area contributed by atoms with Crippen molar-refractivity contribution in [2.75, 3.05) is 33.4 Å². The molecule has 2 N–H and O–H groups in total. The fraction of sp³-hybridized carbons (Fsp3) is 0.588. The van der Waals surface area contributed by atoms with E-state index in [2.05, 4.69) is 41.8 Å². The van der Waals surface area contributed by atoms with Crippen molar-refractivity contribution in [2.24, 2.45) is 0 Å². The van der Waals surface area contributed by atoms with Gasteiger partial charge in [0.05, 0.1) is 19.2 Å². The van der Waals surface area contributed by atoms with E-state index in [1.807, 2.05) is 0 Å². The molecule has 5 nitrogen and oxygen atoms in total. The molecular formula is C17H27ClN2O3. The molecule has 6 heteroatoms. The third kappa shape index (κ3) is 6.47. The van der Waals surface area contributed by atoms with Crippen molar-refractivity contribution in [2.45, 2.75) is 31.9 Å². The maximum Gasteiger partial charge on any atom is 0.234 e. The van der Waals surface area contributed by atoms with Gasteiger partial charge in [-0.1, -0.05) is 29.8 Å². The van der Waals surface area contributed by atoms with Crippen LogP contribution in [-0.2, 0) is 14.3 Å². The summed E-state index contributed by atoms with van der Waals surface area (Å²) in [4.78, 5) is 12.0. The number of aryl methyl sites for hydroxylation is 1. The van der Waals surface area contributed by atoms with Crippen LogP contribution in [0.2, 0.25) is 0 Å². The molecule has 1 aliphatic heterocycles. The molecule has 2 rings (SSSR count). The van der Waals surface area contributed by atoms with Crippen LogP contribution in [0.3, 0.4) is 0 Å². The van der Waals surface area contributed by atoms with Crippen molar-refractivity contribution in [3.05, 3.63) is 35.4 Å². The zero-order valence-corrected chi connectivity index (χ0v) is 14.7. The number of amides is 1. The zero-order valence-electron chi connectivity index (χ0n) is 13.8. The largest absolute Gasteiger partial charge is 0.383 e. The quantitative estimate of drug-likeness (QED) is 0.744. The highest BCUT2D eigenvalue weighted by atomic mass is 35.5. The van der Waals surface area contributed by atoms with Crippen molar-refractivity contribution < 1.29 is 14.3 Å². The van der Waals surface area contributed by atoms with E-state index in [1.165, 1.54) is 5.56 Å². The Labute approximate surface area is 144 Å². The van der Waals surface area contributed by atoms with Crippen molar-refractivity contribution in [1.29, 1.82) is 0 Å². The second kappa shape index (κ2) is 10.6. The lowest BCUT2D eigenvalue weighted by Crippen LogP contribution is -2.46. The second-order valence-electron chi connectivity index (χ2n) is 5.69. The molecule has 23 heavy (non-hydrogen) atoms. The van der Waals surface area contributed by atoms with Gasteiger partial charge in [-0.25, -0.2) is 0 Å². The topological polar surface area (TPSA) is 59.6 Å². The van der Waals surface area contributed by atoms with Crippen LogP contribution in [0.5, 0.6) is 0 Å². The highest BCUT2D eigenvalue weighted by Crippen LogP contribution is 2.28. The maximum absolute atomic E-state index is 12.0. The Bertz CT molecular complexity index is 467. The number of nitrogens with one attached hydrogen (secondary N) is 2. The Balaban J connectivity index is 0.00000264. The Hall–Kier alpha value is -1.14. The minimum absolute atomic E-state index is 0. The van der Waals surface area contributed by atoms with Crippen LogP contribution < -0.4 is 10.6 Å².